The zero-order valence-electron chi connectivity index (χ0n) is 22.1. The summed E-state index contributed by atoms with van der Waals surface area (Å²) in [6.07, 6.45) is 2.71. The van der Waals surface area contributed by atoms with E-state index < -0.39 is 4.92 Å². The lowest BCUT2D eigenvalue weighted by Crippen LogP contribution is -2.30. The van der Waals surface area contributed by atoms with E-state index in [1.54, 1.807) is 12.1 Å². The highest BCUT2D eigenvalue weighted by atomic mass is 16.6. The number of benzene rings is 2. The third-order valence-corrected chi connectivity index (χ3v) is 7.88. The molecule has 0 saturated heterocycles. The number of carbonyl (C=O) groups is 1. The summed E-state index contributed by atoms with van der Waals surface area (Å²) < 4.78 is 4.16. The predicted octanol–water partition coefficient (Wildman–Crippen LogP) is 6.39. The van der Waals surface area contributed by atoms with E-state index in [1.807, 2.05) is 26.1 Å². The lowest BCUT2D eigenvalue weighted by Gasteiger charge is -2.23. The SMILES string of the molecule is Cc1c(C2=C(O)C(=CC3=[N+](C)c4ccccc4C3(C)C)C2=O)c2cc([N+](=O)[O-])ccc2n1CCC(C)C. The molecule has 0 bridgehead atoms. The van der Waals surface area contributed by atoms with Gasteiger partial charge in [-0.15, -0.1) is 0 Å². The molecule has 190 valence electrons. The number of aliphatic hydroxyl groups is 1. The molecular weight excluding hydrogens is 466 g/mol. The van der Waals surface area contributed by atoms with Gasteiger partial charge < -0.3 is 9.67 Å². The van der Waals surface area contributed by atoms with Crippen LogP contribution in [0.4, 0.5) is 11.4 Å². The van der Waals surface area contributed by atoms with E-state index in [1.165, 1.54) is 12.1 Å². The first-order valence-corrected chi connectivity index (χ1v) is 12.6. The van der Waals surface area contributed by atoms with Crippen molar-refractivity contribution in [3.05, 3.63) is 86.8 Å². The van der Waals surface area contributed by atoms with Crippen molar-refractivity contribution >= 4 is 39.3 Å². The molecule has 2 heterocycles. The fourth-order valence-electron chi connectivity index (χ4n) is 5.76. The van der Waals surface area contributed by atoms with Crippen LogP contribution >= 0.6 is 0 Å². The third kappa shape index (κ3) is 3.64. The van der Waals surface area contributed by atoms with Crippen molar-refractivity contribution in [1.82, 2.24) is 4.57 Å². The summed E-state index contributed by atoms with van der Waals surface area (Å²) in [4.78, 5) is 24.7. The number of aromatic nitrogens is 1. The van der Waals surface area contributed by atoms with Gasteiger partial charge in [-0.1, -0.05) is 32.0 Å². The first-order valence-electron chi connectivity index (χ1n) is 12.6. The smallest absolute Gasteiger partial charge is 0.270 e. The number of hydrogen-bond donors (Lipinski definition) is 1. The maximum Gasteiger partial charge on any atom is 0.270 e. The van der Waals surface area contributed by atoms with Gasteiger partial charge in [0, 0.05) is 58.5 Å². The van der Waals surface area contributed by atoms with Crippen LogP contribution in [0.2, 0.25) is 0 Å². The van der Waals surface area contributed by atoms with Crippen LogP contribution in [0.3, 0.4) is 0 Å². The molecule has 7 nitrogen and oxygen atoms in total. The Morgan fingerprint density at radius 3 is 2.51 bits per heavy atom. The van der Waals surface area contributed by atoms with E-state index in [-0.39, 0.29) is 33.8 Å². The van der Waals surface area contributed by atoms with Crippen LogP contribution in [0.15, 0.2) is 59.9 Å². The Morgan fingerprint density at radius 2 is 1.89 bits per heavy atom. The van der Waals surface area contributed by atoms with Crippen molar-refractivity contribution in [3.63, 3.8) is 0 Å². The number of hydrogen-bond acceptors (Lipinski definition) is 4. The molecular formula is C30H32N3O4+. The molecule has 1 aromatic heterocycles. The maximum absolute atomic E-state index is 13.6. The lowest BCUT2D eigenvalue weighted by atomic mass is 9.77. The quantitative estimate of drug-likeness (QED) is 0.185. The maximum atomic E-state index is 13.6. The van der Waals surface area contributed by atoms with Crippen molar-refractivity contribution < 1.29 is 19.4 Å². The zero-order valence-corrected chi connectivity index (χ0v) is 22.1. The van der Waals surface area contributed by atoms with E-state index in [0.29, 0.717) is 16.9 Å². The molecule has 0 spiro atoms. The van der Waals surface area contributed by atoms with Crippen LogP contribution in [0.1, 0.15) is 50.9 Å². The second-order valence-corrected chi connectivity index (χ2v) is 11.0. The number of nitro benzene ring substituents is 1. The largest absolute Gasteiger partial charge is 0.506 e. The number of fused-ring (bicyclic) bond motifs is 2. The highest BCUT2D eigenvalue weighted by Crippen LogP contribution is 2.45. The summed E-state index contributed by atoms with van der Waals surface area (Å²) in [5, 5.41) is 23.4. The van der Waals surface area contributed by atoms with E-state index in [9.17, 15) is 20.0 Å². The summed E-state index contributed by atoms with van der Waals surface area (Å²) in [5.74, 6) is 0.164. The van der Waals surface area contributed by atoms with Gasteiger partial charge in [0.2, 0.25) is 11.5 Å². The molecule has 0 amide bonds. The fraction of sp³-hybridized carbons (Fsp3) is 0.333. The van der Waals surface area contributed by atoms with Crippen molar-refractivity contribution in [2.75, 3.05) is 7.05 Å². The summed E-state index contributed by atoms with van der Waals surface area (Å²) >= 11 is 0. The second-order valence-electron chi connectivity index (χ2n) is 11.0. The van der Waals surface area contributed by atoms with Gasteiger partial charge in [-0.2, -0.15) is 4.58 Å². The first kappa shape index (κ1) is 24.7. The van der Waals surface area contributed by atoms with E-state index in [4.69, 9.17) is 0 Å². The molecule has 2 aromatic carbocycles. The average molecular weight is 499 g/mol. The number of para-hydroxylation sites is 1. The van der Waals surface area contributed by atoms with E-state index in [2.05, 4.69) is 49.0 Å². The molecule has 7 heteroatoms. The Kier molecular flexibility index (Phi) is 5.70. The predicted molar refractivity (Wildman–Crippen MR) is 146 cm³/mol. The van der Waals surface area contributed by atoms with Gasteiger partial charge in [-0.25, -0.2) is 0 Å². The topological polar surface area (TPSA) is 88.4 Å². The molecule has 2 aliphatic rings. The minimum atomic E-state index is -0.432. The fourth-order valence-corrected chi connectivity index (χ4v) is 5.76. The van der Waals surface area contributed by atoms with E-state index >= 15 is 0 Å². The number of Topliss-reactive ketones (excluding diaryl/α,β-unsaturated/α-hetero) is 1. The zero-order chi connectivity index (χ0) is 26.8. The van der Waals surface area contributed by atoms with Gasteiger partial charge >= 0.3 is 0 Å². The molecule has 0 saturated carbocycles. The van der Waals surface area contributed by atoms with Crippen LogP contribution in [-0.2, 0) is 16.8 Å². The van der Waals surface area contributed by atoms with Gasteiger partial charge in [0.15, 0.2) is 5.71 Å². The van der Waals surface area contributed by atoms with Gasteiger partial charge in [-0.3, -0.25) is 14.9 Å². The van der Waals surface area contributed by atoms with Crippen LogP contribution in [0.5, 0.6) is 0 Å². The van der Waals surface area contributed by atoms with Crippen molar-refractivity contribution in [2.24, 2.45) is 5.92 Å². The minimum Gasteiger partial charge on any atom is -0.506 e. The van der Waals surface area contributed by atoms with Crippen LogP contribution < -0.4 is 0 Å². The minimum absolute atomic E-state index is 0.0416. The van der Waals surface area contributed by atoms with Gasteiger partial charge in [0.25, 0.3) is 5.69 Å². The van der Waals surface area contributed by atoms with Gasteiger partial charge in [0.05, 0.1) is 21.5 Å². The number of nitrogens with zero attached hydrogens (tertiary/aromatic N) is 3. The standard InChI is InChI=1S/C30H31N3O4/c1-17(2)13-14-32-18(3)26(20-15-19(33(36)37)11-12-23(20)32)27-28(34)21(29(27)35)16-25-30(4,5)22-9-7-8-10-24(22)31(25)6/h7-12,15-17H,13-14H2,1-6H3/p+1. The monoisotopic (exact) mass is 498 g/mol. The molecule has 5 rings (SSSR count). The van der Waals surface area contributed by atoms with Crippen LogP contribution in [-0.4, -0.2) is 37.7 Å². The number of aliphatic hydroxyl groups excluding tert-OH is 1. The Balaban J connectivity index is 1.66. The van der Waals surface area contributed by atoms with Crippen LogP contribution in [0.25, 0.3) is 16.5 Å². The Morgan fingerprint density at radius 1 is 1.19 bits per heavy atom. The number of carbonyl (C=O) groups excluding carboxylic acids is 1. The molecule has 37 heavy (non-hydrogen) atoms. The molecule has 0 fully saturated rings. The molecule has 0 radical (unpaired) electrons. The number of aryl methyl sites for hydroxylation is 1. The number of nitro groups is 1. The number of allylic oxidation sites excluding steroid dienone is 3. The van der Waals surface area contributed by atoms with Gasteiger partial charge in [0.1, 0.15) is 12.8 Å². The van der Waals surface area contributed by atoms with Crippen molar-refractivity contribution in [1.29, 1.82) is 0 Å². The molecule has 1 aliphatic carbocycles. The number of rotatable bonds is 6. The van der Waals surface area contributed by atoms with E-state index in [0.717, 1.165) is 41.1 Å². The molecule has 3 aromatic rings. The Hall–Kier alpha value is -4.00. The van der Waals surface area contributed by atoms with Gasteiger partial charge in [-0.05, 0) is 39.2 Å². The Labute approximate surface area is 216 Å². The Bertz CT molecular complexity index is 1600. The third-order valence-electron chi connectivity index (χ3n) is 7.88. The van der Waals surface area contributed by atoms with Crippen molar-refractivity contribution in [2.45, 2.75) is 53.0 Å². The summed E-state index contributed by atoms with van der Waals surface area (Å²) in [7, 11) is 1.97. The average Bonchev–Trinajstić information content (AvgIpc) is 3.23. The van der Waals surface area contributed by atoms with Crippen molar-refractivity contribution in [3.8, 4) is 0 Å². The second kappa shape index (κ2) is 8.54. The highest BCUT2D eigenvalue weighted by Gasteiger charge is 2.46. The molecule has 0 unspecified atom stereocenters. The lowest BCUT2D eigenvalue weighted by molar-refractivity contribution is -0.401. The summed E-state index contributed by atoms with van der Waals surface area (Å²) in [6, 6.07) is 12.9. The van der Waals surface area contributed by atoms with Crippen LogP contribution in [0, 0.1) is 23.0 Å². The molecule has 1 aliphatic heterocycles. The number of ketones is 1. The highest BCUT2D eigenvalue weighted by molar-refractivity contribution is 6.41. The number of non-ortho nitro benzene ring substituents is 1. The summed E-state index contributed by atoms with van der Waals surface area (Å²) in [6.45, 7) is 11.1. The first-order chi connectivity index (χ1) is 17.4. The molecule has 1 N–H and O–H groups in total. The molecule has 0 atom stereocenters. The normalized spacial score (nSPS) is 17.8. The summed E-state index contributed by atoms with van der Waals surface area (Å²) in [5.41, 5.74) is 5.51.